The zero-order valence-electron chi connectivity index (χ0n) is 11.5. The van der Waals surface area contributed by atoms with E-state index in [0.717, 1.165) is 14.7 Å². The van der Waals surface area contributed by atoms with Crippen molar-refractivity contribution in [3.8, 4) is 0 Å². The van der Waals surface area contributed by atoms with E-state index in [1.165, 1.54) is 0 Å². The van der Waals surface area contributed by atoms with Crippen molar-refractivity contribution >= 4 is 39.9 Å². The number of ketones is 1. The second-order valence-electron chi connectivity index (χ2n) is 5.15. The van der Waals surface area contributed by atoms with Gasteiger partial charge in [-0.05, 0) is 52.5 Å². The number of benzene rings is 1. The third kappa shape index (κ3) is 2.27. The molecule has 1 aliphatic heterocycles. The zero-order chi connectivity index (χ0) is 15.0. The summed E-state index contributed by atoms with van der Waals surface area (Å²) in [7, 11) is 0. The van der Waals surface area contributed by atoms with Crippen LogP contribution in [0, 0.1) is 0 Å². The molecule has 2 aliphatic rings. The van der Waals surface area contributed by atoms with Crippen LogP contribution in [0.15, 0.2) is 58.2 Å². The SMILES string of the molecule is CC(=O)N1CC(I)=C(c2ccccc2)C12C=CC(=O)C=C2. The van der Waals surface area contributed by atoms with Crippen LogP contribution in [0.25, 0.3) is 5.57 Å². The Labute approximate surface area is 137 Å². The highest BCUT2D eigenvalue weighted by atomic mass is 127. The van der Waals surface area contributed by atoms with E-state index in [-0.39, 0.29) is 11.7 Å². The standard InChI is InChI=1S/C17H14INO2/c1-12(20)19-11-15(18)16(13-5-3-2-4-6-13)17(19)9-7-14(21)8-10-17/h2-10H,11H2,1H3. The lowest BCUT2D eigenvalue weighted by Gasteiger charge is -2.37. The van der Waals surface area contributed by atoms with Crippen molar-refractivity contribution < 1.29 is 9.59 Å². The summed E-state index contributed by atoms with van der Waals surface area (Å²) in [5.74, 6) is -0.0443. The molecule has 0 saturated carbocycles. The van der Waals surface area contributed by atoms with E-state index >= 15 is 0 Å². The van der Waals surface area contributed by atoms with Crippen LogP contribution in [0.4, 0.5) is 0 Å². The fraction of sp³-hybridized carbons (Fsp3) is 0.176. The topological polar surface area (TPSA) is 37.4 Å². The van der Waals surface area contributed by atoms with Crippen molar-refractivity contribution in [3.63, 3.8) is 0 Å². The summed E-state index contributed by atoms with van der Waals surface area (Å²) in [6.07, 6.45) is 6.78. The fourth-order valence-electron chi connectivity index (χ4n) is 2.94. The first kappa shape index (κ1) is 14.3. The van der Waals surface area contributed by atoms with Crippen LogP contribution in [0.5, 0.6) is 0 Å². The minimum Gasteiger partial charge on any atom is -0.321 e. The first-order valence-electron chi connectivity index (χ1n) is 6.70. The molecule has 1 amide bonds. The van der Waals surface area contributed by atoms with Crippen LogP contribution in [-0.4, -0.2) is 28.7 Å². The third-order valence-corrected chi connectivity index (χ3v) is 4.74. The summed E-state index contributed by atoms with van der Waals surface area (Å²) in [5.41, 5.74) is 1.52. The highest BCUT2D eigenvalue weighted by molar-refractivity contribution is 14.1. The van der Waals surface area contributed by atoms with Crippen LogP contribution in [0.1, 0.15) is 12.5 Å². The Balaban J connectivity index is 2.19. The molecule has 0 fully saturated rings. The van der Waals surface area contributed by atoms with E-state index < -0.39 is 5.54 Å². The number of hydrogen-bond donors (Lipinski definition) is 0. The summed E-state index contributed by atoms with van der Waals surface area (Å²) in [6.45, 7) is 2.14. The Morgan fingerprint density at radius 2 is 1.81 bits per heavy atom. The van der Waals surface area contributed by atoms with E-state index in [1.54, 1.807) is 24.0 Å². The monoisotopic (exact) mass is 391 g/mol. The number of halogens is 1. The Bertz CT molecular complexity index is 685. The normalized spacial score (nSPS) is 19.7. The smallest absolute Gasteiger partial charge is 0.220 e. The van der Waals surface area contributed by atoms with Gasteiger partial charge in [0, 0.05) is 16.1 Å². The lowest BCUT2D eigenvalue weighted by atomic mass is 9.82. The van der Waals surface area contributed by atoms with Crippen LogP contribution in [-0.2, 0) is 9.59 Å². The molecule has 1 aliphatic carbocycles. The van der Waals surface area contributed by atoms with Crippen molar-refractivity contribution in [1.82, 2.24) is 4.90 Å². The van der Waals surface area contributed by atoms with Gasteiger partial charge in [0.05, 0.1) is 6.54 Å². The van der Waals surface area contributed by atoms with Gasteiger partial charge in [-0.15, -0.1) is 0 Å². The van der Waals surface area contributed by atoms with E-state index in [1.807, 2.05) is 42.5 Å². The Morgan fingerprint density at radius 1 is 1.19 bits per heavy atom. The lowest BCUT2D eigenvalue weighted by molar-refractivity contribution is -0.130. The van der Waals surface area contributed by atoms with Gasteiger partial charge in [0.15, 0.2) is 5.78 Å². The number of rotatable bonds is 1. The highest BCUT2D eigenvalue weighted by Gasteiger charge is 2.45. The van der Waals surface area contributed by atoms with Crippen molar-refractivity contribution in [2.24, 2.45) is 0 Å². The molecule has 0 radical (unpaired) electrons. The molecule has 1 spiro atoms. The Hall–Kier alpha value is -1.69. The second-order valence-corrected chi connectivity index (χ2v) is 6.45. The van der Waals surface area contributed by atoms with E-state index in [2.05, 4.69) is 22.6 Å². The van der Waals surface area contributed by atoms with Gasteiger partial charge in [-0.2, -0.15) is 0 Å². The first-order valence-corrected chi connectivity index (χ1v) is 7.78. The number of carbonyl (C=O) groups excluding carboxylic acids is 2. The van der Waals surface area contributed by atoms with Crippen molar-refractivity contribution in [1.29, 1.82) is 0 Å². The number of carbonyl (C=O) groups is 2. The summed E-state index contributed by atoms with van der Waals surface area (Å²) < 4.78 is 1.12. The predicted molar refractivity (Wildman–Crippen MR) is 90.8 cm³/mol. The van der Waals surface area contributed by atoms with Crippen LogP contribution in [0.2, 0.25) is 0 Å². The molecule has 4 heteroatoms. The molecule has 0 atom stereocenters. The number of allylic oxidation sites excluding steroid dienone is 2. The van der Waals surface area contributed by atoms with Crippen molar-refractivity contribution in [3.05, 3.63) is 63.8 Å². The molecule has 0 N–H and O–H groups in total. The minimum atomic E-state index is -0.641. The number of nitrogens with zero attached hydrogens (tertiary/aromatic N) is 1. The molecule has 1 aromatic carbocycles. The van der Waals surface area contributed by atoms with Gasteiger partial charge >= 0.3 is 0 Å². The molecule has 106 valence electrons. The maximum Gasteiger partial charge on any atom is 0.220 e. The van der Waals surface area contributed by atoms with Gasteiger partial charge in [0.1, 0.15) is 5.54 Å². The molecular weight excluding hydrogens is 377 g/mol. The maximum atomic E-state index is 12.1. The molecule has 0 bridgehead atoms. The molecule has 1 heterocycles. The second kappa shape index (κ2) is 5.26. The molecule has 0 saturated heterocycles. The van der Waals surface area contributed by atoms with Crippen molar-refractivity contribution in [2.75, 3.05) is 6.54 Å². The van der Waals surface area contributed by atoms with Gasteiger partial charge in [-0.3, -0.25) is 9.59 Å². The summed E-state index contributed by atoms with van der Waals surface area (Å²) in [6, 6.07) is 10.0. The summed E-state index contributed by atoms with van der Waals surface area (Å²) >= 11 is 2.30. The average Bonchev–Trinajstić information content (AvgIpc) is 2.76. The molecule has 21 heavy (non-hydrogen) atoms. The highest BCUT2D eigenvalue weighted by Crippen LogP contribution is 2.46. The van der Waals surface area contributed by atoms with Gasteiger partial charge in [0.25, 0.3) is 0 Å². The molecule has 0 aromatic heterocycles. The first-order chi connectivity index (χ1) is 10.0. The quantitative estimate of drug-likeness (QED) is 0.690. The zero-order valence-corrected chi connectivity index (χ0v) is 13.7. The molecule has 3 rings (SSSR count). The number of amides is 1. The van der Waals surface area contributed by atoms with Gasteiger partial charge in [-0.1, -0.05) is 30.3 Å². The largest absolute Gasteiger partial charge is 0.321 e. The van der Waals surface area contributed by atoms with Gasteiger partial charge in [0.2, 0.25) is 5.91 Å². The molecular formula is C17H14INO2. The Morgan fingerprint density at radius 3 is 2.38 bits per heavy atom. The third-order valence-electron chi connectivity index (χ3n) is 3.86. The van der Waals surface area contributed by atoms with Gasteiger partial charge in [-0.25, -0.2) is 0 Å². The maximum absolute atomic E-state index is 12.1. The van der Waals surface area contributed by atoms with Crippen LogP contribution < -0.4 is 0 Å². The Kier molecular flexibility index (Phi) is 3.57. The van der Waals surface area contributed by atoms with E-state index in [4.69, 9.17) is 0 Å². The predicted octanol–water partition coefficient (Wildman–Crippen LogP) is 3.13. The van der Waals surface area contributed by atoms with Crippen LogP contribution >= 0.6 is 22.6 Å². The summed E-state index contributed by atoms with van der Waals surface area (Å²) in [4.78, 5) is 25.4. The molecule has 3 nitrogen and oxygen atoms in total. The lowest BCUT2D eigenvalue weighted by Crippen LogP contribution is -2.46. The minimum absolute atomic E-state index is 0.00116. The van der Waals surface area contributed by atoms with Crippen LogP contribution in [0.3, 0.4) is 0 Å². The molecule has 0 unspecified atom stereocenters. The van der Waals surface area contributed by atoms with Crippen molar-refractivity contribution in [2.45, 2.75) is 12.5 Å². The fourth-order valence-corrected chi connectivity index (χ4v) is 4.03. The van der Waals surface area contributed by atoms with Gasteiger partial charge < -0.3 is 4.90 Å². The van der Waals surface area contributed by atoms with E-state index in [0.29, 0.717) is 6.54 Å². The summed E-state index contributed by atoms with van der Waals surface area (Å²) in [5, 5.41) is 0. The average molecular weight is 391 g/mol. The molecule has 1 aromatic rings. The van der Waals surface area contributed by atoms with E-state index in [9.17, 15) is 9.59 Å². The number of hydrogen-bond acceptors (Lipinski definition) is 2.